The van der Waals surface area contributed by atoms with E-state index in [-0.39, 0.29) is 200 Å². The summed E-state index contributed by atoms with van der Waals surface area (Å²) in [5.74, 6) is -0.873. The van der Waals surface area contributed by atoms with Gasteiger partial charge in [-0.3, -0.25) is 15.2 Å². The Bertz CT molecular complexity index is 2960. The monoisotopic (exact) mass is 1360 g/mol. The molecular weight excluding hydrogens is 1290 g/mol. The number of aromatic nitrogens is 2. The van der Waals surface area contributed by atoms with E-state index in [0.717, 1.165) is 37.4 Å². The van der Waals surface area contributed by atoms with Crippen LogP contribution < -0.4 is 134 Å². The summed E-state index contributed by atoms with van der Waals surface area (Å²) in [5.41, 5.74) is 0.632. The molecule has 0 unspecified atom stereocenters. The van der Waals surface area contributed by atoms with Crippen LogP contribution in [0.25, 0.3) is 21.5 Å². The molecule has 2 heterocycles. The zero-order chi connectivity index (χ0) is 57.2. The van der Waals surface area contributed by atoms with E-state index in [4.69, 9.17) is 42.5 Å². The van der Waals surface area contributed by atoms with E-state index >= 15 is 0 Å². The number of rotatable bonds is 22. The second kappa shape index (κ2) is 42.3. The third kappa shape index (κ3) is 30.6. The van der Waals surface area contributed by atoms with Crippen LogP contribution in [0.4, 0.5) is 39.6 Å². The molecule has 34 heteroatoms. The number of benzene rings is 4. The number of nitrogens with zero attached hydrogens (tertiary/aromatic N) is 4. The molecule has 460 valence electrons. The molecule has 0 bridgehead atoms. The Labute approximate surface area is 600 Å². The largest absolute Gasteiger partial charge is 1.00 e. The number of halogens is 4. The number of carbonyl (C=O) groups excluding carboxylic acids is 4. The molecule has 2 aromatic heterocycles. The van der Waals surface area contributed by atoms with Crippen molar-refractivity contribution < 1.29 is 188 Å². The molecule has 0 radical (unpaired) electrons. The van der Waals surface area contributed by atoms with Crippen molar-refractivity contribution in [2.75, 3.05) is 51.2 Å². The second-order valence-corrected chi connectivity index (χ2v) is 20.0. The number of phosphoric ester groups is 2. The summed E-state index contributed by atoms with van der Waals surface area (Å²) in [5, 5.41) is 33.5. The van der Waals surface area contributed by atoms with Crippen molar-refractivity contribution in [1.82, 2.24) is 30.4 Å². The Hall–Kier alpha value is -2.67. The normalized spacial score (nSPS) is 11.9. The average molecular weight is 1360 g/mol. The van der Waals surface area contributed by atoms with Crippen molar-refractivity contribution in [3.8, 4) is 0 Å². The van der Waals surface area contributed by atoms with Crippen molar-refractivity contribution in [3.05, 3.63) is 142 Å². The van der Waals surface area contributed by atoms with Crippen LogP contribution in [-0.2, 0) is 40.7 Å². The number of hydrogen-bond donors (Lipinski definition) is 8. The molecule has 0 spiro atoms. The number of phosphoric acid groups is 2. The van der Waals surface area contributed by atoms with E-state index in [9.17, 15) is 57.1 Å². The molecule has 4 atom stereocenters. The van der Waals surface area contributed by atoms with Gasteiger partial charge in [0.25, 0.3) is 0 Å². The molecule has 8 N–H and O–H groups in total. The SMILES string of the molecule is C.C.C.CN(C(=O)NCc1cccc(F)c1Cl)[C@H](COC(=O)Nc1cc2ccccc2cn1)C[C@@H](O)COP(=O)(O)O.CN(C(=O)NCc1cccc(F)c1Cl)[C@H](COC(=O)Nc1cc2ccccc2cn1)C[C@@H](O)COP(=O)([O-])[O-].S.S.[K+].[K+]. The minimum atomic E-state index is -5.35. The first-order chi connectivity index (χ1) is 36.8. The standard InChI is InChI=1S/2C24H27ClFN4O8P.3CH4.2K.2H2S/c2*1-30(23(32)28-12-17-7-4-8-20(26)22(17)25)18(10-19(31)14-38-39(34,35)36)13-37-24(33)29-21-9-15-5-2-3-6-16(15)11-27-21;;;;;;;/h2*2-9,11,18-19,31H,10,12-14H2,1H3,(H,28,32)(H,27,29,33)(H2,34,35,36);3*1H4;;;2*1H2/q;;;;;2*+1;;/p-2/t2*18-,19+;;;;;;;/m00......./s1. The van der Waals surface area contributed by atoms with Gasteiger partial charge >= 0.3 is 135 Å². The number of anilines is 2. The summed E-state index contributed by atoms with van der Waals surface area (Å²) in [4.78, 5) is 100. The van der Waals surface area contributed by atoms with E-state index < -0.39 is 102 Å². The minimum absolute atomic E-state index is 0. The smallest absolute Gasteiger partial charge is 0.790 e. The zero-order valence-corrected chi connectivity index (χ0v) is 55.8. The van der Waals surface area contributed by atoms with Crippen LogP contribution in [-0.4, -0.2) is 129 Å². The van der Waals surface area contributed by atoms with E-state index in [1.54, 1.807) is 24.5 Å². The molecule has 0 aliphatic carbocycles. The fraction of sp³-hybridized carbons (Fsp3) is 0.333. The summed E-state index contributed by atoms with van der Waals surface area (Å²) in [7, 11) is -7.50. The zero-order valence-electron chi connectivity index (χ0n) is 44.2. The number of likely N-dealkylation sites (N-methyl/N-ethyl adjacent to an activating group) is 2. The van der Waals surface area contributed by atoms with Crippen LogP contribution in [0.3, 0.4) is 0 Å². The number of fused-ring (bicyclic) bond motifs is 2. The van der Waals surface area contributed by atoms with E-state index in [0.29, 0.717) is 11.1 Å². The van der Waals surface area contributed by atoms with Crippen LogP contribution >= 0.6 is 65.8 Å². The molecule has 24 nitrogen and oxygen atoms in total. The van der Waals surface area contributed by atoms with Gasteiger partial charge in [-0.05, 0) is 59.0 Å². The van der Waals surface area contributed by atoms with Crippen molar-refractivity contribution in [1.29, 1.82) is 0 Å². The maximum absolute atomic E-state index is 13.7. The van der Waals surface area contributed by atoms with Crippen LogP contribution in [0.15, 0.2) is 109 Å². The van der Waals surface area contributed by atoms with Gasteiger partial charge in [-0.15, -0.1) is 0 Å². The number of nitrogens with one attached hydrogen (secondary N) is 4. The average Bonchev–Trinajstić information content (AvgIpc) is 3.52. The Morgan fingerprint density at radius 2 is 0.953 bits per heavy atom. The van der Waals surface area contributed by atoms with Crippen molar-refractivity contribution in [3.63, 3.8) is 0 Å². The molecule has 0 aliphatic heterocycles. The van der Waals surface area contributed by atoms with Crippen LogP contribution in [0.1, 0.15) is 46.2 Å². The maximum Gasteiger partial charge on any atom is 1.00 e. The number of ether oxygens (including phenoxy) is 2. The fourth-order valence-corrected chi connectivity index (χ4v) is 8.13. The molecule has 0 fully saturated rings. The summed E-state index contributed by atoms with van der Waals surface area (Å²) in [6, 6.07) is 22.9. The quantitative estimate of drug-likeness (QED) is 0.0357. The minimum Gasteiger partial charge on any atom is -0.790 e. The number of aliphatic hydroxyl groups is 2. The maximum atomic E-state index is 13.7. The second-order valence-electron chi connectivity index (χ2n) is 16.9. The van der Waals surface area contributed by atoms with Gasteiger partial charge in [-0.25, -0.2) is 42.5 Å². The van der Waals surface area contributed by atoms with Gasteiger partial charge in [0.05, 0.1) is 55.4 Å². The Morgan fingerprint density at radius 1 is 0.600 bits per heavy atom. The van der Waals surface area contributed by atoms with Gasteiger partial charge in [-0.1, -0.05) is 118 Å². The predicted molar refractivity (Wildman–Crippen MR) is 318 cm³/mol. The number of amides is 6. The van der Waals surface area contributed by atoms with Crippen LogP contribution in [0.2, 0.25) is 10.0 Å². The molecular formula is C51H68Cl2F2K2N8O16P2S2. The van der Waals surface area contributed by atoms with Crippen molar-refractivity contribution >= 4 is 123 Å². The third-order valence-electron chi connectivity index (χ3n) is 11.1. The van der Waals surface area contributed by atoms with Crippen LogP contribution in [0.5, 0.6) is 0 Å². The first-order valence-electron chi connectivity index (χ1n) is 23.0. The molecule has 6 rings (SSSR count). The number of aliphatic hydroxyl groups excluding tert-OH is 2. The summed E-state index contributed by atoms with van der Waals surface area (Å²) < 4.78 is 68.0. The molecule has 85 heavy (non-hydrogen) atoms. The number of carbonyl (C=O) groups is 4. The number of pyridine rings is 2. The number of urea groups is 2. The van der Waals surface area contributed by atoms with Gasteiger partial charge in [0, 0.05) is 50.4 Å². The van der Waals surface area contributed by atoms with Gasteiger partial charge < -0.3 is 68.8 Å². The van der Waals surface area contributed by atoms with Crippen LogP contribution in [0, 0.1) is 11.6 Å². The Kier molecular flexibility index (Phi) is 43.1. The predicted octanol–water partition coefficient (Wildman–Crippen LogP) is 2.17. The Morgan fingerprint density at radius 3 is 1.31 bits per heavy atom. The molecule has 6 amide bonds. The molecule has 4 aromatic carbocycles. The molecule has 0 saturated heterocycles. The van der Waals surface area contributed by atoms with E-state index in [2.05, 4.69) is 40.3 Å². The van der Waals surface area contributed by atoms with Gasteiger partial charge in [0.1, 0.15) is 36.5 Å². The summed E-state index contributed by atoms with van der Waals surface area (Å²) in [6.07, 6.45) is -2.18. The summed E-state index contributed by atoms with van der Waals surface area (Å²) >= 11 is 11.8. The van der Waals surface area contributed by atoms with Crippen molar-refractivity contribution in [2.45, 2.75) is 72.5 Å². The van der Waals surface area contributed by atoms with Crippen molar-refractivity contribution in [2.24, 2.45) is 0 Å². The topological polar surface area (TPSA) is 347 Å². The van der Waals surface area contributed by atoms with Gasteiger partial charge in [0.2, 0.25) is 0 Å². The van der Waals surface area contributed by atoms with E-state index in [1.165, 1.54) is 44.4 Å². The van der Waals surface area contributed by atoms with E-state index in [1.807, 2.05) is 48.5 Å². The summed E-state index contributed by atoms with van der Waals surface area (Å²) in [6.45, 7) is -2.69. The molecule has 6 aromatic rings. The van der Waals surface area contributed by atoms with Gasteiger partial charge in [-0.2, -0.15) is 27.0 Å². The van der Waals surface area contributed by atoms with Gasteiger partial charge in [0.15, 0.2) is 0 Å². The number of hydrogen-bond acceptors (Lipinski definition) is 16. The first kappa shape index (κ1) is 86.5. The first-order valence-corrected chi connectivity index (χ1v) is 26.8. The fourth-order valence-electron chi connectivity index (χ4n) is 7.02. The third-order valence-corrected chi connectivity index (χ3v) is 12.9. The molecule has 0 saturated carbocycles. The molecule has 0 aliphatic rings. The Balaban J connectivity index is -0.00000146.